The highest BCUT2D eigenvalue weighted by atomic mass is 15.3. The van der Waals surface area contributed by atoms with Gasteiger partial charge in [-0.25, -0.2) is 0 Å². The molecule has 1 heteroatoms. The third-order valence-corrected chi connectivity index (χ3v) is 2.58. The Morgan fingerprint density at radius 1 is 1.08 bits per heavy atom. The van der Waals surface area contributed by atoms with E-state index in [1.165, 1.54) is 38.8 Å². The Kier molecular flexibility index (Phi) is 6.72. The van der Waals surface area contributed by atoms with Crippen LogP contribution in [0.15, 0.2) is 0 Å². The first kappa shape index (κ1) is 12.5. The van der Waals surface area contributed by atoms with Gasteiger partial charge in [-0.15, -0.1) is 6.42 Å². The van der Waals surface area contributed by atoms with Crippen molar-refractivity contribution in [3.05, 3.63) is 0 Å². The number of nitrogens with zero attached hydrogens (tertiary/aromatic N) is 1. The Morgan fingerprint density at radius 3 is 1.85 bits per heavy atom. The third-order valence-electron chi connectivity index (χ3n) is 2.58. The van der Waals surface area contributed by atoms with E-state index in [2.05, 4.69) is 26.8 Å². The van der Waals surface area contributed by atoms with Gasteiger partial charge in [0.1, 0.15) is 6.54 Å². The summed E-state index contributed by atoms with van der Waals surface area (Å²) in [6, 6.07) is 0. The van der Waals surface area contributed by atoms with Crippen molar-refractivity contribution in [1.29, 1.82) is 0 Å². The van der Waals surface area contributed by atoms with Gasteiger partial charge in [-0.1, -0.05) is 26.7 Å². The molecule has 0 aromatic heterocycles. The molecule has 0 bridgehead atoms. The smallest absolute Gasteiger partial charge is 0.140 e. The Bertz CT molecular complexity index is 147. The first-order chi connectivity index (χ1) is 6.18. The van der Waals surface area contributed by atoms with Crippen molar-refractivity contribution < 1.29 is 4.48 Å². The van der Waals surface area contributed by atoms with Crippen molar-refractivity contribution in [3.8, 4) is 12.3 Å². The van der Waals surface area contributed by atoms with Crippen LogP contribution in [0, 0.1) is 12.3 Å². The fraction of sp³-hybridized carbons (Fsp3) is 0.833. The van der Waals surface area contributed by atoms with Crippen LogP contribution >= 0.6 is 0 Å². The van der Waals surface area contributed by atoms with E-state index in [-0.39, 0.29) is 0 Å². The predicted octanol–water partition coefficient (Wildman–Crippen LogP) is 2.67. The topological polar surface area (TPSA) is 0 Å². The van der Waals surface area contributed by atoms with Crippen LogP contribution in [-0.4, -0.2) is 31.2 Å². The summed E-state index contributed by atoms with van der Waals surface area (Å²) in [6.45, 7) is 7.83. The van der Waals surface area contributed by atoms with Crippen molar-refractivity contribution in [2.24, 2.45) is 0 Å². The van der Waals surface area contributed by atoms with Crippen molar-refractivity contribution in [2.75, 3.05) is 26.7 Å². The van der Waals surface area contributed by atoms with Gasteiger partial charge < -0.3 is 4.48 Å². The van der Waals surface area contributed by atoms with Crippen molar-refractivity contribution in [3.63, 3.8) is 0 Å². The molecule has 13 heavy (non-hydrogen) atoms. The highest BCUT2D eigenvalue weighted by Crippen LogP contribution is 2.07. The molecule has 0 rings (SSSR count). The van der Waals surface area contributed by atoms with E-state index in [1.54, 1.807) is 0 Å². The van der Waals surface area contributed by atoms with Gasteiger partial charge >= 0.3 is 0 Å². The van der Waals surface area contributed by atoms with Crippen LogP contribution < -0.4 is 0 Å². The molecule has 0 spiro atoms. The van der Waals surface area contributed by atoms with Crippen LogP contribution in [0.1, 0.15) is 39.5 Å². The number of hydrogen-bond donors (Lipinski definition) is 0. The maximum absolute atomic E-state index is 5.39. The Morgan fingerprint density at radius 2 is 1.54 bits per heavy atom. The van der Waals surface area contributed by atoms with E-state index in [0.29, 0.717) is 0 Å². The highest BCUT2D eigenvalue weighted by Gasteiger charge is 2.18. The van der Waals surface area contributed by atoms with E-state index in [1.807, 2.05) is 0 Å². The second kappa shape index (κ2) is 6.97. The second-order valence-electron chi connectivity index (χ2n) is 4.14. The lowest BCUT2D eigenvalue weighted by Gasteiger charge is -2.32. The van der Waals surface area contributed by atoms with E-state index in [4.69, 9.17) is 6.42 Å². The zero-order valence-corrected chi connectivity index (χ0v) is 9.47. The summed E-state index contributed by atoms with van der Waals surface area (Å²) in [6.07, 6.45) is 10.5. The Hall–Kier alpha value is -0.480. The number of quaternary nitrogens is 1. The highest BCUT2D eigenvalue weighted by molar-refractivity contribution is 4.83. The minimum absolute atomic E-state index is 0.889. The molecule has 0 saturated heterocycles. The second-order valence-corrected chi connectivity index (χ2v) is 4.14. The maximum atomic E-state index is 5.39. The summed E-state index contributed by atoms with van der Waals surface area (Å²) in [5.41, 5.74) is 0. The summed E-state index contributed by atoms with van der Waals surface area (Å²) in [5.74, 6) is 2.80. The molecule has 1 nitrogen and oxygen atoms in total. The summed E-state index contributed by atoms with van der Waals surface area (Å²) >= 11 is 0. The molecule has 0 aromatic carbocycles. The van der Waals surface area contributed by atoms with Gasteiger partial charge in [0.25, 0.3) is 0 Å². The quantitative estimate of drug-likeness (QED) is 0.419. The zero-order chi connectivity index (χ0) is 10.2. The normalized spacial score (nSPS) is 11.2. The molecule has 0 aliphatic carbocycles. The van der Waals surface area contributed by atoms with Crippen molar-refractivity contribution in [1.82, 2.24) is 0 Å². The van der Waals surface area contributed by atoms with Crippen LogP contribution in [0.4, 0.5) is 0 Å². The fourth-order valence-corrected chi connectivity index (χ4v) is 1.57. The van der Waals surface area contributed by atoms with Gasteiger partial charge in [0.2, 0.25) is 0 Å². The van der Waals surface area contributed by atoms with Crippen molar-refractivity contribution >= 4 is 0 Å². The zero-order valence-electron chi connectivity index (χ0n) is 9.47. The fourth-order valence-electron chi connectivity index (χ4n) is 1.57. The molecule has 0 amide bonds. The minimum Gasteiger partial charge on any atom is -0.316 e. The first-order valence-electron chi connectivity index (χ1n) is 5.45. The molecule has 0 unspecified atom stereocenters. The molecular weight excluding hydrogens is 158 g/mol. The van der Waals surface area contributed by atoms with E-state index < -0.39 is 0 Å². The van der Waals surface area contributed by atoms with Gasteiger partial charge in [0.15, 0.2) is 0 Å². The SMILES string of the molecule is C#CC[N+](C)(CCCC)CCCC. The Labute approximate surface area is 83.7 Å². The van der Waals surface area contributed by atoms with E-state index in [9.17, 15) is 0 Å². The first-order valence-corrected chi connectivity index (χ1v) is 5.45. The lowest BCUT2D eigenvalue weighted by atomic mass is 10.2. The van der Waals surface area contributed by atoms with E-state index in [0.717, 1.165) is 11.0 Å². The minimum atomic E-state index is 0.889. The van der Waals surface area contributed by atoms with Crippen LogP contribution in [-0.2, 0) is 0 Å². The number of unbranched alkanes of at least 4 members (excludes halogenated alkanes) is 2. The molecule has 0 aliphatic rings. The summed E-state index contributed by atoms with van der Waals surface area (Å²) < 4.78 is 1.07. The summed E-state index contributed by atoms with van der Waals surface area (Å²) in [4.78, 5) is 0. The average Bonchev–Trinajstić information content (AvgIpc) is 2.12. The van der Waals surface area contributed by atoms with Crippen LogP contribution in [0.3, 0.4) is 0 Å². The van der Waals surface area contributed by atoms with Gasteiger partial charge in [-0.2, -0.15) is 0 Å². The molecule has 0 N–H and O–H groups in total. The molecule has 0 saturated carbocycles. The molecule has 0 radical (unpaired) electrons. The van der Waals surface area contributed by atoms with Gasteiger partial charge in [0, 0.05) is 0 Å². The third kappa shape index (κ3) is 5.71. The molecule has 0 aliphatic heterocycles. The molecule has 0 heterocycles. The maximum Gasteiger partial charge on any atom is 0.140 e. The molecule has 0 atom stereocenters. The molecule has 76 valence electrons. The number of rotatable bonds is 7. The number of hydrogen-bond acceptors (Lipinski definition) is 0. The van der Waals surface area contributed by atoms with Gasteiger partial charge in [-0.3, -0.25) is 0 Å². The summed E-state index contributed by atoms with van der Waals surface area (Å²) in [7, 11) is 2.28. The van der Waals surface area contributed by atoms with Gasteiger partial charge in [-0.05, 0) is 18.8 Å². The van der Waals surface area contributed by atoms with Crippen LogP contribution in [0.2, 0.25) is 0 Å². The lowest BCUT2D eigenvalue weighted by molar-refractivity contribution is -0.903. The molecule has 0 fully saturated rings. The molecule has 0 aromatic rings. The monoisotopic (exact) mass is 182 g/mol. The standard InChI is InChI=1S/C12H24N/c1-5-8-11-13(4,10-7-3)12-9-6-2/h3H,5-6,8-12H2,1-2,4H3/q+1. The van der Waals surface area contributed by atoms with Crippen molar-refractivity contribution in [2.45, 2.75) is 39.5 Å². The largest absolute Gasteiger partial charge is 0.316 e. The summed E-state index contributed by atoms with van der Waals surface area (Å²) in [5, 5.41) is 0. The predicted molar refractivity (Wildman–Crippen MR) is 59.4 cm³/mol. The average molecular weight is 182 g/mol. The van der Waals surface area contributed by atoms with Crippen LogP contribution in [0.25, 0.3) is 0 Å². The van der Waals surface area contributed by atoms with Gasteiger partial charge in [0.05, 0.1) is 20.1 Å². The lowest BCUT2D eigenvalue weighted by Crippen LogP contribution is -2.45. The molecular formula is C12H24N+. The number of terminal acetylenes is 1. The van der Waals surface area contributed by atoms with Crippen LogP contribution in [0.5, 0.6) is 0 Å². The Balaban J connectivity index is 3.93. The van der Waals surface area contributed by atoms with E-state index >= 15 is 0 Å².